The average Bonchev–Trinajstić information content (AvgIpc) is 2.51. The monoisotopic (exact) mass is 1010 g/mol. The summed E-state index contributed by atoms with van der Waals surface area (Å²) in [5, 5.41) is 0. The molecule has 0 rings (SSSR count). The third kappa shape index (κ3) is 13.0. The van der Waals surface area contributed by atoms with Crippen LogP contribution in [-0.4, -0.2) is 155 Å². The Labute approximate surface area is 275 Å². The molecule has 0 aromatic heterocycles. The average molecular weight is 1000 g/mol. The molecule has 0 amide bonds. The molecule has 13 heteroatoms. The summed E-state index contributed by atoms with van der Waals surface area (Å²) < 4.78 is 1.46. The Morgan fingerprint density at radius 1 is 0.333 bits per heavy atom. The second-order valence-corrected chi connectivity index (χ2v) is 58.9. The predicted octanol–water partition coefficient (Wildman–Crippen LogP) is 5.99. The zero-order chi connectivity index (χ0) is 28.0. The van der Waals surface area contributed by atoms with Gasteiger partial charge >= 0.3 is 262 Å². The van der Waals surface area contributed by atoms with Crippen LogP contribution in [0.3, 0.4) is 0 Å². The fraction of sp³-hybridized carbons (Fsp3) is 1.00. The molecule has 0 aromatic carbocycles. The van der Waals surface area contributed by atoms with E-state index in [2.05, 4.69) is 208 Å². The predicted molar refractivity (Wildman–Crippen MR) is 186 cm³/mol. The quantitative estimate of drug-likeness (QED) is 0.288. The molecule has 0 fully saturated rings. The van der Waals surface area contributed by atoms with Crippen molar-refractivity contribution < 1.29 is 0 Å². The second-order valence-electron chi connectivity index (χ2n) is 15.0. The van der Waals surface area contributed by atoms with Gasteiger partial charge in [0.2, 0.25) is 0 Å². The van der Waals surface area contributed by atoms with Crippen LogP contribution in [0.5, 0.6) is 0 Å². The maximum absolute atomic E-state index is 2.62. The zero-order valence-electron chi connectivity index (χ0n) is 25.0. The summed E-state index contributed by atoms with van der Waals surface area (Å²) in [5.41, 5.74) is 0. The number of hydrogen-bond acceptors (Lipinski definition) is 0. The van der Waals surface area contributed by atoms with Crippen LogP contribution in [0.4, 0.5) is 0 Å². The van der Waals surface area contributed by atoms with Gasteiger partial charge in [-0.25, -0.2) is 0 Å². The molecule has 0 atom stereocenters. The Bertz CT molecular complexity index is 406. The van der Waals surface area contributed by atoms with Crippen LogP contribution in [0.1, 0.15) is 0 Å². The molecule has 0 heterocycles. The van der Waals surface area contributed by atoms with Crippen molar-refractivity contribution in [3.8, 4) is 0 Å². The van der Waals surface area contributed by atoms with Crippen LogP contribution in [0.25, 0.3) is 0 Å². The van der Waals surface area contributed by atoms with Gasteiger partial charge in [-0.05, 0) is 0 Å². The summed E-state index contributed by atoms with van der Waals surface area (Å²) in [4.78, 5) is 0. The molecular formula is C20H54Ge2Se5Si6. The molecule has 0 saturated heterocycles. The van der Waals surface area contributed by atoms with Crippen molar-refractivity contribution in [2.45, 2.75) is 124 Å². The molecule has 33 heavy (non-hydrogen) atoms. The van der Waals surface area contributed by atoms with Gasteiger partial charge < -0.3 is 0 Å². The molecule has 0 nitrogen and oxygen atoms in total. The van der Waals surface area contributed by atoms with E-state index in [1.54, 1.807) is 0 Å². The Hall–Kier alpha value is 4.98. The van der Waals surface area contributed by atoms with Gasteiger partial charge in [0.05, 0.1) is 0 Å². The fourth-order valence-corrected chi connectivity index (χ4v) is 60.8. The van der Waals surface area contributed by atoms with Crippen LogP contribution in [-0.2, 0) is 0 Å². The molecule has 196 valence electrons. The molecule has 0 unspecified atom stereocenters. The van der Waals surface area contributed by atoms with Gasteiger partial charge in [-0.2, -0.15) is 0 Å². The van der Waals surface area contributed by atoms with E-state index in [0.717, 1.165) is 6.23 Å². The number of rotatable bonds is 6. The first-order chi connectivity index (χ1) is 13.5. The summed E-state index contributed by atoms with van der Waals surface area (Å²) in [6.45, 7) is 46.3. The van der Waals surface area contributed by atoms with E-state index < -0.39 is 48.4 Å². The van der Waals surface area contributed by atoms with Crippen molar-refractivity contribution in [2.24, 2.45) is 0 Å². The molecule has 0 saturated carbocycles. The standard InChI is InChI=1S/2C10H27GeSi3.2Se2.Se/c2*1-12(2,3)10(11,13(4,5)6)14(7,8)9;2*1-2;/h2*1-9H3;;;. The van der Waals surface area contributed by atoms with Gasteiger partial charge in [-0.15, -0.1) is 0 Å². The van der Waals surface area contributed by atoms with Crippen molar-refractivity contribution >= 4 is 155 Å². The molecule has 12 radical (unpaired) electrons. The molecular weight excluding hydrogens is 949 g/mol. The first-order valence-electron chi connectivity index (χ1n) is 11.3. The first kappa shape index (κ1) is 47.8. The number of hydrogen-bond donors (Lipinski definition) is 0. The summed E-state index contributed by atoms with van der Waals surface area (Å²) in [5.74, 6) is 0. The molecule has 0 aliphatic heterocycles. The Balaban J connectivity index is -0.000000134. The van der Waals surface area contributed by atoms with E-state index in [1.807, 2.05) is 0 Å². The van der Waals surface area contributed by atoms with Gasteiger partial charge in [0.15, 0.2) is 0 Å². The van der Waals surface area contributed by atoms with Gasteiger partial charge in [0, 0.05) is 17.1 Å². The summed E-state index contributed by atoms with van der Waals surface area (Å²) in [7, 11) is -6.35. The minimum absolute atomic E-state index is 0. The molecule has 0 spiro atoms. The molecule has 0 N–H and O–H groups in total. The Kier molecular flexibility index (Phi) is 24.7. The van der Waals surface area contributed by atoms with E-state index in [0.29, 0.717) is 0 Å². The second kappa shape index (κ2) is 17.1. The van der Waals surface area contributed by atoms with Crippen molar-refractivity contribution in [1.82, 2.24) is 0 Å². The van der Waals surface area contributed by atoms with Gasteiger partial charge in [-0.3, -0.25) is 0 Å². The fourth-order valence-electron chi connectivity index (χ4n) is 6.75. The zero-order valence-corrected chi connectivity index (χ0v) is 43.8. The Morgan fingerprint density at radius 3 is 0.394 bits per heavy atom. The third-order valence-corrected chi connectivity index (χ3v) is 75.6. The van der Waals surface area contributed by atoms with Crippen LogP contribution in [0.15, 0.2) is 0 Å². The van der Waals surface area contributed by atoms with Crippen molar-refractivity contribution in [1.29, 1.82) is 0 Å². The van der Waals surface area contributed by atoms with Crippen LogP contribution >= 0.6 is 0 Å². The maximum atomic E-state index is 2.62. The summed E-state index contributed by atoms with van der Waals surface area (Å²) in [6, 6.07) is 0. The van der Waals surface area contributed by atoms with E-state index in [1.165, 1.54) is 0 Å². The molecule has 0 aliphatic carbocycles. The van der Waals surface area contributed by atoms with Crippen molar-refractivity contribution in [3.63, 3.8) is 0 Å². The van der Waals surface area contributed by atoms with Crippen molar-refractivity contribution in [2.75, 3.05) is 0 Å². The minimum atomic E-state index is -1.06. The van der Waals surface area contributed by atoms with Gasteiger partial charge in [-0.1, -0.05) is 0 Å². The van der Waals surface area contributed by atoms with E-state index in [-0.39, 0.29) is 17.1 Å². The summed E-state index contributed by atoms with van der Waals surface area (Å²) in [6.07, 6.45) is 0. The van der Waals surface area contributed by atoms with Gasteiger partial charge in [0.25, 0.3) is 0 Å². The van der Waals surface area contributed by atoms with Crippen LogP contribution < -0.4 is 0 Å². The Morgan fingerprint density at radius 2 is 0.394 bits per heavy atom. The first-order valence-corrected chi connectivity index (χ1v) is 43.1. The van der Waals surface area contributed by atoms with E-state index in [9.17, 15) is 0 Å². The van der Waals surface area contributed by atoms with Crippen LogP contribution in [0.2, 0.25) is 124 Å². The van der Waals surface area contributed by atoms with E-state index in [4.69, 9.17) is 0 Å². The van der Waals surface area contributed by atoms with E-state index >= 15 is 0 Å². The SMILES string of the molecule is C[Si](C)(C)[C]([Ge])([Si](C)(C)C)[Si](C)(C)C.C[Si](C)(C)[C]([Ge])([Si](C)(C)C)[Si](C)(C)C.[Se].[Se][Se].[Se][Se]. The van der Waals surface area contributed by atoms with Crippen molar-refractivity contribution in [3.05, 3.63) is 0 Å². The normalized spacial score (nSPS) is 13.8. The molecule has 0 aliphatic rings. The summed E-state index contributed by atoms with van der Waals surface area (Å²) >= 11 is 15.2. The molecule has 0 aromatic rings. The van der Waals surface area contributed by atoms with Crippen LogP contribution in [0, 0.1) is 0 Å². The molecule has 0 bridgehead atoms. The third-order valence-electron chi connectivity index (χ3n) is 6.75. The topological polar surface area (TPSA) is 0 Å². The van der Waals surface area contributed by atoms with Gasteiger partial charge in [0.1, 0.15) is 0 Å².